The van der Waals surface area contributed by atoms with Crippen LogP contribution in [0.3, 0.4) is 0 Å². The summed E-state index contributed by atoms with van der Waals surface area (Å²) in [5.74, 6) is 1.99. The lowest BCUT2D eigenvalue weighted by Gasteiger charge is -2.24. The molecule has 3 atom stereocenters. The Kier molecular flexibility index (Phi) is 5.36. The molecule has 1 aromatic heterocycles. The fraction of sp³-hybridized carbons (Fsp3) is 0.529. The molecule has 1 aromatic carbocycles. The third kappa shape index (κ3) is 3.70. The molecule has 1 N–H and O–H groups in total. The Morgan fingerprint density at radius 2 is 2.17 bits per heavy atom. The van der Waals surface area contributed by atoms with Crippen LogP contribution in [0.4, 0.5) is 4.39 Å². The van der Waals surface area contributed by atoms with Gasteiger partial charge in [0.2, 0.25) is 11.7 Å². The van der Waals surface area contributed by atoms with Gasteiger partial charge in [-0.1, -0.05) is 24.1 Å². The van der Waals surface area contributed by atoms with Crippen molar-refractivity contribution in [2.75, 3.05) is 0 Å². The van der Waals surface area contributed by atoms with Gasteiger partial charge in [0.05, 0.1) is 6.04 Å². The smallest absolute Gasteiger partial charge is 0.243 e. The zero-order valence-corrected chi connectivity index (χ0v) is 14.1. The standard InChI is InChI=1S/C17H20FN3O2.ClH/c18-12-5-3-6-13(9-12)22-10-16-20-17(23-21-16)15-8-11-4-1-2-7-14(11)19-15;/h3,5-6,9,11,14-15,19H,1-2,4,7-8,10H2;1H. The molecule has 1 aliphatic carbocycles. The number of nitrogens with zero attached hydrogens (tertiary/aromatic N) is 2. The first-order valence-corrected chi connectivity index (χ1v) is 8.25. The normalized spacial score (nSPS) is 25.8. The van der Waals surface area contributed by atoms with Crippen molar-refractivity contribution in [3.63, 3.8) is 0 Å². The molecule has 2 fully saturated rings. The SMILES string of the molecule is Cl.Fc1cccc(OCc2noc(C3CC4CCCCC4N3)n2)c1. The van der Waals surface area contributed by atoms with Crippen molar-refractivity contribution in [1.29, 1.82) is 0 Å². The van der Waals surface area contributed by atoms with E-state index in [0.717, 1.165) is 12.3 Å². The fourth-order valence-corrected chi connectivity index (χ4v) is 3.68. The van der Waals surface area contributed by atoms with Gasteiger partial charge in [-0.3, -0.25) is 0 Å². The van der Waals surface area contributed by atoms with E-state index in [4.69, 9.17) is 9.26 Å². The second-order valence-electron chi connectivity index (χ2n) is 6.40. The van der Waals surface area contributed by atoms with Crippen LogP contribution in [-0.4, -0.2) is 16.2 Å². The van der Waals surface area contributed by atoms with Crippen LogP contribution in [0.25, 0.3) is 0 Å². The van der Waals surface area contributed by atoms with Crippen LogP contribution in [-0.2, 0) is 6.61 Å². The molecule has 0 amide bonds. The topological polar surface area (TPSA) is 60.2 Å². The molecule has 5 nitrogen and oxygen atoms in total. The number of benzene rings is 1. The Bertz CT molecular complexity index is 667. The molecule has 7 heteroatoms. The summed E-state index contributed by atoms with van der Waals surface area (Å²) in [4.78, 5) is 4.43. The van der Waals surface area contributed by atoms with Crippen LogP contribution in [0.15, 0.2) is 28.8 Å². The van der Waals surface area contributed by atoms with E-state index in [0.29, 0.717) is 23.5 Å². The van der Waals surface area contributed by atoms with E-state index in [1.54, 1.807) is 12.1 Å². The van der Waals surface area contributed by atoms with Crippen LogP contribution in [0.5, 0.6) is 5.75 Å². The summed E-state index contributed by atoms with van der Waals surface area (Å²) in [6.45, 7) is 0.173. The van der Waals surface area contributed by atoms with Gasteiger partial charge in [-0.25, -0.2) is 4.39 Å². The second-order valence-corrected chi connectivity index (χ2v) is 6.40. The Labute approximate surface area is 146 Å². The van der Waals surface area contributed by atoms with E-state index in [1.165, 1.54) is 37.8 Å². The van der Waals surface area contributed by atoms with Gasteiger partial charge >= 0.3 is 0 Å². The van der Waals surface area contributed by atoms with Crippen LogP contribution in [0, 0.1) is 11.7 Å². The maximum Gasteiger partial charge on any atom is 0.243 e. The Balaban J connectivity index is 0.00000169. The van der Waals surface area contributed by atoms with Crippen molar-refractivity contribution < 1.29 is 13.7 Å². The van der Waals surface area contributed by atoms with Gasteiger partial charge in [0.15, 0.2) is 6.61 Å². The molecule has 2 aromatic rings. The summed E-state index contributed by atoms with van der Waals surface area (Å²) in [6, 6.07) is 6.77. The average Bonchev–Trinajstić information content (AvgIpc) is 3.19. The lowest BCUT2D eigenvalue weighted by molar-refractivity contribution is 0.281. The summed E-state index contributed by atoms with van der Waals surface area (Å²) < 4.78 is 24.0. The molecule has 1 saturated carbocycles. The first kappa shape index (κ1) is 17.2. The molecule has 130 valence electrons. The van der Waals surface area contributed by atoms with Crippen LogP contribution in [0.2, 0.25) is 0 Å². The zero-order chi connectivity index (χ0) is 15.6. The summed E-state index contributed by atoms with van der Waals surface area (Å²) in [6.07, 6.45) is 6.23. The van der Waals surface area contributed by atoms with Crippen molar-refractivity contribution in [3.8, 4) is 5.75 Å². The number of nitrogens with one attached hydrogen (secondary N) is 1. The molecule has 24 heavy (non-hydrogen) atoms. The minimum atomic E-state index is -0.325. The minimum Gasteiger partial charge on any atom is -0.485 e. The van der Waals surface area contributed by atoms with E-state index >= 15 is 0 Å². The Morgan fingerprint density at radius 1 is 1.29 bits per heavy atom. The van der Waals surface area contributed by atoms with Gasteiger partial charge in [0, 0.05) is 12.1 Å². The minimum absolute atomic E-state index is 0. The van der Waals surface area contributed by atoms with E-state index in [1.807, 2.05) is 0 Å². The number of fused-ring (bicyclic) bond motifs is 1. The lowest BCUT2D eigenvalue weighted by atomic mass is 9.85. The number of hydrogen-bond acceptors (Lipinski definition) is 5. The molecule has 2 aliphatic rings. The van der Waals surface area contributed by atoms with Crippen molar-refractivity contribution >= 4 is 12.4 Å². The summed E-state index contributed by atoms with van der Waals surface area (Å²) in [5.41, 5.74) is 0. The molecule has 0 radical (unpaired) electrons. The molecule has 0 bridgehead atoms. The van der Waals surface area contributed by atoms with Crippen LogP contribution >= 0.6 is 12.4 Å². The molecule has 1 saturated heterocycles. The summed E-state index contributed by atoms with van der Waals surface area (Å²) in [5, 5.41) is 7.59. The van der Waals surface area contributed by atoms with Gasteiger partial charge in [-0.15, -0.1) is 12.4 Å². The highest BCUT2D eigenvalue weighted by Crippen LogP contribution is 2.38. The zero-order valence-electron chi connectivity index (χ0n) is 13.3. The predicted molar refractivity (Wildman–Crippen MR) is 88.5 cm³/mol. The lowest BCUT2D eigenvalue weighted by Crippen LogP contribution is -2.30. The quantitative estimate of drug-likeness (QED) is 0.905. The highest BCUT2D eigenvalue weighted by atomic mass is 35.5. The van der Waals surface area contributed by atoms with Crippen molar-refractivity contribution in [3.05, 3.63) is 41.8 Å². The molecular weight excluding hydrogens is 333 g/mol. The van der Waals surface area contributed by atoms with Crippen molar-refractivity contribution in [2.24, 2.45) is 5.92 Å². The molecule has 1 aliphatic heterocycles. The third-order valence-corrected chi connectivity index (χ3v) is 4.81. The fourth-order valence-electron chi connectivity index (χ4n) is 3.68. The van der Waals surface area contributed by atoms with Crippen LogP contribution < -0.4 is 10.1 Å². The van der Waals surface area contributed by atoms with Crippen LogP contribution in [0.1, 0.15) is 49.9 Å². The third-order valence-electron chi connectivity index (χ3n) is 4.81. The highest BCUT2D eigenvalue weighted by molar-refractivity contribution is 5.85. The monoisotopic (exact) mass is 353 g/mol. The predicted octanol–water partition coefficient (Wildman–Crippen LogP) is 3.80. The molecule has 3 unspecified atom stereocenters. The van der Waals surface area contributed by atoms with Gasteiger partial charge in [0.25, 0.3) is 0 Å². The largest absolute Gasteiger partial charge is 0.485 e. The highest BCUT2D eigenvalue weighted by Gasteiger charge is 2.38. The van der Waals surface area contributed by atoms with Gasteiger partial charge in [-0.05, 0) is 37.3 Å². The van der Waals surface area contributed by atoms with Gasteiger partial charge in [0.1, 0.15) is 11.6 Å². The Morgan fingerprint density at radius 3 is 3.00 bits per heavy atom. The number of rotatable bonds is 4. The molecule has 2 heterocycles. The first-order valence-electron chi connectivity index (χ1n) is 8.25. The van der Waals surface area contributed by atoms with E-state index < -0.39 is 0 Å². The van der Waals surface area contributed by atoms with E-state index in [9.17, 15) is 4.39 Å². The van der Waals surface area contributed by atoms with Crippen molar-refractivity contribution in [1.82, 2.24) is 15.5 Å². The maximum atomic E-state index is 13.1. The molecule has 0 spiro atoms. The second kappa shape index (κ2) is 7.49. The summed E-state index contributed by atoms with van der Waals surface area (Å²) >= 11 is 0. The molecule has 4 rings (SSSR count). The number of hydrogen-bond donors (Lipinski definition) is 1. The first-order chi connectivity index (χ1) is 11.3. The maximum absolute atomic E-state index is 13.1. The summed E-state index contributed by atoms with van der Waals surface area (Å²) in [7, 11) is 0. The van der Waals surface area contributed by atoms with Crippen molar-refractivity contribution in [2.45, 2.75) is 50.8 Å². The van der Waals surface area contributed by atoms with E-state index in [-0.39, 0.29) is 30.9 Å². The van der Waals surface area contributed by atoms with E-state index in [2.05, 4.69) is 15.5 Å². The Hall–Kier alpha value is -1.66. The number of halogens is 2. The average molecular weight is 354 g/mol. The van der Waals surface area contributed by atoms with Gasteiger partial charge in [-0.2, -0.15) is 4.98 Å². The number of ether oxygens (including phenoxy) is 1. The van der Waals surface area contributed by atoms with Gasteiger partial charge < -0.3 is 14.6 Å². The number of aromatic nitrogens is 2. The molecular formula is C17H21ClFN3O2.